The van der Waals surface area contributed by atoms with E-state index < -0.39 is 15.8 Å². The van der Waals surface area contributed by atoms with Crippen LogP contribution in [0.25, 0.3) is 0 Å². The first kappa shape index (κ1) is 20.5. The van der Waals surface area contributed by atoms with Crippen LogP contribution in [0.1, 0.15) is 51.9 Å². The van der Waals surface area contributed by atoms with Crippen molar-refractivity contribution in [1.29, 1.82) is 0 Å². The standard InChI is InChI=1S/C20H31NO5S2/c1-13(20-7-14-4-15(8-20)6-16(5-14)9-20)21-18(22)10-26-19(23)11-27-17-2-3-28(24,25)12-17/h13-17H,2-12H2,1H3,(H,21,22)/t13-,14?,15?,16?,17+,20?/m0/s1. The molecular weight excluding hydrogens is 398 g/mol. The molecule has 5 fully saturated rings. The molecule has 0 spiro atoms. The van der Waals surface area contributed by atoms with Gasteiger partial charge < -0.3 is 10.1 Å². The zero-order valence-electron chi connectivity index (χ0n) is 16.5. The summed E-state index contributed by atoms with van der Waals surface area (Å²) in [5, 5.41) is 3.06. The van der Waals surface area contributed by atoms with E-state index in [1.165, 1.54) is 50.3 Å². The van der Waals surface area contributed by atoms with Gasteiger partial charge in [0.25, 0.3) is 5.91 Å². The quantitative estimate of drug-likeness (QED) is 0.624. The van der Waals surface area contributed by atoms with Gasteiger partial charge in [-0.15, -0.1) is 11.8 Å². The molecule has 1 heterocycles. The molecule has 4 aliphatic carbocycles. The molecule has 1 amide bonds. The number of ether oxygens (including phenoxy) is 1. The Morgan fingerprint density at radius 1 is 1.14 bits per heavy atom. The van der Waals surface area contributed by atoms with E-state index in [-0.39, 0.29) is 46.5 Å². The number of amides is 1. The molecule has 158 valence electrons. The molecule has 1 aliphatic heterocycles. The molecule has 4 bridgehead atoms. The highest BCUT2D eigenvalue weighted by molar-refractivity contribution is 8.02. The van der Waals surface area contributed by atoms with E-state index in [1.807, 2.05) is 0 Å². The summed E-state index contributed by atoms with van der Waals surface area (Å²) in [6.45, 7) is 1.86. The molecule has 2 atom stereocenters. The monoisotopic (exact) mass is 429 g/mol. The number of hydrogen-bond donors (Lipinski definition) is 1. The second-order valence-electron chi connectivity index (χ2n) is 9.57. The predicted molar refractivity (Wildman–Crippen MR) is 109 cm³/mol. The number of esters is 1. The largest absolute Gasteiger partial charge is 0.455 e. The van der Waals surface area contributed by atoms with Gasteiger partial charge in [0.15, 0.2) is 16.4 Å². The van der Waals surface area contributed by atoms with E-state index in [4.69, 9.17) is 4.74 Å². The SMILES string of the molecule is C[C@H](NC(=O)COC(=O)CS[C@@H]1CCS(=O)(=O)C1)C12CC3CC(CC(C3)C1)C2. The van der Waals surface area contributed by atoms with E-state index in [0.717, 1.165) is 17.8 Å². The van der Waals surface area contributed by atoms with Crippen molar-refractivity contribution >= 4 is 33.5 Å². The maximum Gasteiger partial charge on any atom is 0.316 e. The Kier molecular flexibility index (Phi) is 5.73. The van der Waals surface area contributed by atoms with Crippen LogP contribution in [0.2, 0.25) is 0 Å². The number of thioether (sulfide) groups is 1. The third kappa shape index (κ3) is 4.53. The van der Waals surface area contributed by atoms with Crippen LogP contribution in [0.3, 0.4) is 0 Å². The van der Waals surface area contributed by atoms with Gasteiger partial charge in [0.1, 0.15) is 0 Å². The summed E-state index contributed by atoms with van der Waals surface area (Å²) in [4.78, 5) is 24.2. The van der Waals surface area contributed by atoms with Crippen molar-refractivity contribution < 1.29 is 22.7 Å². The molecule has 28 heavy (non-hydrogen) atoms. The van der Waals surface area contributed by atoms with Crippen molar-refractivity contribution in [3.63, 3.8) is 0 Å². The van der Waals surface area contributed by atoms with Gasteiger partial charge in [-0.25, -0.2) is 8.42 Å². The fourth-order valence-electron chi connectivity index (χ4n) is 6.41. The minimum Gasteiger partial charge on any atom is -0.455 e. The van der Waals surface area contributed by atoms with Crippen LogP contribution < -0.4 is 5.32 Å². The van der Waals surface area contributed by atoms with Gasteiger partial charge in [-0.3, -0.25) is 9.59 Å². The van der Waals surface area contributed by atoms with Crippen molar-refractivity contribution in [2.45, 2.75) is 63.2 Å². The fraction of sp³-hybridized carbons (Fsp3) is 0.900. The van der Waals surface area contributed by atoms with Gasteiger partial charge in [0.05, 0.1) is 17.3 Å². The third-order valence-electron chi connectivity index (χ3n) is 7.37. The molecule has 0 radical (unpaired) electrons. The summed E-state index contributed by atoms with van der Waals surface area (Å²) in [7, 11) is -2.94. The summed E-state index contributed by atoms with van der Waals surface area (Å²) < 4.78 is 28.0. The Balaban J connectivity index is 1.19. The lowest BCUT2D eigenvalue weighted by atomic mass is 9.48. The zero-order valence-corrected chi connectivity index (χ0v) is 18.2. The zero-order chi connectivity index (χ0) is 19.9. The highest BCUT2D eigenvalue weighted by Gasteiger charge is 2.53. The first-order chi connectivity index (χ1) is 13.2. The topological polar surface area (TPSA) is 89.5 Å². The van der Waals surface area contributed by atoms with Crippen LogP contribution in [-0.2, 0) is 24.2 Å². The maximum atomic E-state index is 12.3. The van der Waals surface area contributed by atoms with Gasteiger partial charge in [0, 0.05) is 11.3 Å². The number of hydrogen-bond acceptors (Lipinski definition) is 6. The Labute approximate surface area is 171 Å². The molecule has 5 aliphatic rings. The predicted octanol–water partition coefficient (Wildman–Crippen LogP) is 2.17. The molecule has 0 unspecified atom stereocenters. The molecule has 4 saturated carbocycles. The minimum atomic E-state index is -2.94. The summed E-state index contributed by atoms with van der Waals surface area (Å²) in [6, 6.07) is 0.116. The Bertz CT molecular complexity index is 700. The number of carbonyl (C=O) groups is 2. The Hall–Kier alpha value is -0.760. The first-order valence-electron chi connectivity index (χ1n) is 10.5. The number of carbonyl (C=O) groups excluding carboxylic acids is 2. The van der Waals surface area contributed by atoms with E-state index >= 15 is 0 Å². The van der Waals surface area contributed by atoms with Gasteiger partial charge in [-0.2, -0.15) is 0 Å². The minimum absolute atomic E-state index is 0.0394. The molecule has 0 aromatic carbocycles. The number of sulfone groups is 1. The second-order valence-corrected chi connectivity index (χ2v) is 13.1. The van der Waals surface area contributed by atoms with E-state index in [9.17, 15) is 18.0 Å². The molecule has 1 N–H and O–H groups in total. The third-order valence-corrected chi connectivity index (χ3v) is 10.6. The van der Waals surface area contributed by atoms with Crippen LogP contribution in [0.15, 0.2) is 0 Å². The van der Waals surface area contributed by atoms with Crippen molar-refractivity contribution in [1.82, 2.24) is 5.32 Å². The summed E-state index contributed by atoms with van der Waals surface area (Å²) >= 11 is 1.31. The van der Waals surface area contributed by atoms with Crippen molar-refractivity contribution in [2.75, 3.05) is 23.9 Å². The fourth-order valence-corrected chi connectivity index (χ4v) is 9.85. The van der Waals surface area contributed by atoms with Gasteiger partial charge in [-0.1, -0.05) is 0 Å². The van der Waals surface area contributed by atoms with Crippen molar-refractivity contribution in [2.24, 2.45) is 23.2 Å². The summed E-state index contributed by atoms with van der Waals surface area (Å²) in [5.41, 5.74) is 0.234. The lowest BCUT2D eigenvalue weighted by Gasteiger charge is -2.59. The van der Waals surface area contributed by atoms with Crippen LogP contribution >= 0.6 is 11.8 Å². The highest BCUT2D eigenvalue weighted by atomic mass is 32.2. The summed E-state index contributed by atoms with van der Waals surface area (Å²) in [6.07, 6.45) is 8.37. The molecule has 8 heteroatoms. The average Bonchev–Trinajstić information content (AvgIpc) is 2.96. The van der Waals surface area contributed by atoms with Gasteiger partial charge >= 0.3 is 5.97 Å². The Morgan fingerprint density at radius 3 is 2.29 bits per heavy atom. The average molecular weight is 430 g/mol. The number of nitrogens with one attached hydrogen (secondary N) is 1. The molecule has 0 aromatic rings. The van der Waals surface area contributed by atoms with Crippen LogP contribution in [0.4, 0.5) is 0 Å². The van der Waals surface area contributed by atoms with Crippen LogP contribution in [0, 0.1) is 23.2 Å². The molecule has 0 aromatic heterocycles. The summed E-state index contributed by atoms with van der Waals surface area (Å²) in [5.74, 6) is 2.24. The number of rotatable bonds is 7. The lowest BCUT2D eigenvalue weighted by molar-refractivity contribution is -0.147. The lowest BCUT2D eigenvalue weighted by Crippen LogP contribution is -2.56. The van der Waals surface area contributed by atoms with Gasteiger partial charge in [-0.05, 0) is 75.0 Å². The van der Waals surface area contributed by atoms with Crippen LogP contribution in [-0.4, -0.2) is 55.5 Å². The first-order valence-corrected chi connectivity index (χ1v) is 13.4. The molecule has 5 rings (SSSR count). The Morgan fingerprint density at radius 2 is 1.75 bits per heavy atom. The normalized spacial score (nSPS) is 38.9. The molecular formula is C20H31NO5S2. The van der Waals surface area contributed by atoms with E-state index in [0.29, 0.717) is 6.42 Å². The van der Waals surface area contributed by atoms with Crippen molar-refractivity contribution in [3.8, 4) is 0 Å². The van der Waals surface area contributed by atoms with E-state index in [2.05, 4.69) is 12.2 Å². The van der Waals surface area contributed by atoms with E-state index in [1.54, 1.807) is 0 Å². The van der Waals surface area contributed by atoms with Crippen molar-refractivity contribution in [3.05, 3.63) is 0 Å². The van der Waals surface area contributed by atoms with Gasteiger partial charge in [0.2, 0.25) is 0 Å². The highest BCUT2D eigenvalue weighted by Crippen LogP contribution is 2.61. The molecule has 1 saturated heterocycles. The maximum absolute atomic E-state index is 12.3. The van der Waals surface area contributed by atoms with Crippen LogP contribution in [0.5, 0.6) is 0 Å². The second kappa shape index (κ2) is 7.82. The smallest absolute Gasteiger partial charge is 0.316 e. The molecule has 6 nitrogen and oxygen atoms in total.